The molecule has 0 aliphatic carbocycles. The molecule has 1 unspecified atom stereocenters. The van der Waals surface area contributed by atoms with Crippen molar-refractivity contribution < 1.29 is 4.79 Å². The lowest BCUT2D eigenvalue weighted by molar-refractivity contribution is -0.131. The lowest BCUT2D eigenvalue weighted by atomic mass is 10.1. The molecule has 21 heavy (non-hydrogen) atoms. The number of aromatic nitrogens is 1. The van der Waals surface area contributed by atoms with E-state index in [0.717, 1.165) is 16.6 Å². The Labute approximate surface area is 125 Å². The molecule has 2 aromatic rings. The fourth-order valence-corrected chi connectivity index (χ4v) is 2.41. The number of hydrogen-bond donors (Lipinski definition) is 2. The van der Waals surface area contributed by atoms with E-state index in [-0.39, 0.29) is 11.9 Å². The number of rotatable bonds is 5. The summed E-state index contributed by atoms with van der Waals surface area (Å²) in [5.41, 5.74) is 8.42. The quantitative estimate of drug-likeness (QED) is 0.828. The fourth-order valence-electron chi connectivity index (χ4n) is 2.41. The topological polar surface area (TPSA) is 71.2 Å². The normalized spacial score (nSPS) is 12.1. The first-order valence-corrected chi connectivity index (χ1v) is 7.27. The van der Waals surface area contributed by atoms with Crippen LogP contribution < -0.4 is 11.1 Å². The second-order valence-corrected chi connectivity index (χ2v) is 4.97. The van der Waals surface area contributed by atoms with Crippen LogP contribution in [0.25, 0.3) is 10.9 Å². The molecular formula is C16H22N4O. The largest absolute Gasteiger partial charge is 0.397 e. The highest BCUT2D eigenvalue weighted by atomic mass is 16.2. The molecule has 0 aliphatic heterocycles. The molecule has 3 N–H and O–H groups in total. The molecule has 1 heterocycles. The maximum Gasteiger partial charge on any atom is 0.244 e. The Morgan fingerprint density at radius 1 is 1.33 bits per heavy atom. The van der Waals surface area contributed by atoms with Gasteiger partial charge in [-0.05, 0) is 45.0 Å². The van der Waals surface area contributed by atoms with Crippen LogP contribution in [0.3, 0.4) is 0 Å². The van der Waals surface area contributed by atoms with Gasteiger partial charge in [0.15, 0.2) is 0 Å². The number of nitrogens with zero attached hydrogens (tertiary/aromatic N) is 2. The first-order valence-electron chi connectivity index (χ1n) is 7.27. The molecule has 2 rings (SSSR count). The number of nitrogens with one attached hydrogen (secondary N) is 1. The number of carbonyl (C=O) groups excluding carboxylic acids is 1. The molecule has 1 aromatic carbocycles. The van der Waals surface area contributed by atoms with Crippen molar-refractivity contribution >= 4 is 28.2 Å². The molecule has 0 aliphatic rings. The molecule has 1 atom stereocenters. The van der Waals surface area contributed by atoms with Crippen LogP contribution in [-0.2, 0) is 4.79 Å². The third kappa shape index (κ3) is 3.07. The van der Waals surface area contributed by atoms with Gasteiger partial charge >= 0.3 is 0 Å². The second-order valence-electron chi connectivity index (χ2n) is 4.97. The third-order valence-corrected chi connectivity index (χ3v) is 3.64. The van der Waals surface area contributed by atoms with E-state index in [9.17, 15) is 4.79 Å². The zero-order valence-electron chi connectivity index (χ0n) is 12.8. The molecule has 0 spiro atoms. The number of nitrogen functional groups attached to an aromatic ring is 1. The average molecular weight is 286 g/mol. The molecule has 5 nitrogen and oxygen atoms in total. The van der Waals surface area contributed by atoms with Crippen molar-refractivity contribution in [3.63, 3.8) is 0 Å². The Balaban J connectivity index is 2.23. The Kier molecular flexibility index (Phi) is 4.62. The van der Waals surface area contributed by atoms with Crippen molar-refractivity contribution in [2.24, 2.45) is 0 Å². The van der Waals surface area contributed by atoms with Crippen molar-refractivity contribution in [2.45, 2.75) is 26.8 Å². The summed E-state index contributed by atoms with van der Waals surface area (Å²) in [6.07, 6.45) is 1.74. The number of fused-ring (bicyclic) bond motifs is 1. The van der Waals surface area contributed by atoms with Crippen LogP contribution in [0.2, 0.25) is 0 Å². The van der Waals surface area contributed by atoms with Crippen LogP contribution in [0.1, 0.15) is 20.8 Å². The number of pyridine rings is 1. The maximum atomic E-state index is 12.3. The lowest BCUT2D eigenvalue weighted by Crippen LogP contribution is -2.41. The average Bonchev–Trinajstić information content (AvgIpc) is 2.51. The van der Waals surface area contributed by atoms with Crippen molar-refractivity contribution in [1.82, 2.24) is 9.88 Å². The standard InChI is InChI=1S/C16H22N4O/c1-4-20(5-2)16(21)11(3)19-14-9-8-13-12(15(14)17)7-6-10-18-13/h6-11,19H,4-5,17H2,1-3H3. The Hall–Kier alpha value is -2.30. The van der Waals surface area contributed by atoms with Gasteiger partial charge in [-0.2, -0.15) is 0 Å². The minimum absolute atomic E-state index is 0.0747. The van der Waals surface area contributed by atoms with Crippen molar-refractivity contribution in [1.29, 1.82) is 0 Å². The second kappa shape index (κ2) is 6.43. The van der Waals surface area contributed by atoms with E-state index in [0.29, 0.717) is 18.8 Å². The summed E-state index contributed by atoms with van der Waals surface area (Å²) in [5, 5.41) is 4.10. The predicted octanol–water partition coefficient (Wildman–Crippen LogP) is 2.49. The Morgan fingerprint density at radius 2 is 2.05 bits per heavy atom. The Bertz CT molecular complexity index is 637. The van der Waals surface area contributed by atoms with Crippen LogP contribution in [0, 0.1) is 0 Å². The zero-order chi connectivity index (χ0) is 15.4. The summed E-state index contributed by atoms with van der Waals surface area (Å²) in [6.45, 7) is 7.22. The zero-order valence-corrected chi connectivity index (χ0v) is 12.8. The van der Waals surface area contributed by atoms with E-state index in [2.05, 4.69) is 10.3 Å². The van der Waals surface area contributed by atoms with Gasteiger partial charge in [0.25, 0.3) is 0 Å². The van der Waals surface area contributed by atoms with E-state index < -0.39 is 0 Å². The molecule has 0 radical (unpaired) electrons. The van der Waals surface area contributed by atoms with E-state index in [1.54, 1.807) is 11.1 Å². The smallest absolute Gasteiger partial charge is 0.244 e. The molecular weight excluding hydrogens is 264 g/mol. The molecule has 1 amide bonds. The fraction of sp³-hybridized carbons (Fsp3) is 0.375. The summed E-state index contributed by atoms with van der Waals surface area (Å²) in [5.74, 6) is 0.0747. The van der Waals surface area contributed by atoms with Gasteiger partial charge in [-0.3, -0.25) is 9.78 Å². The summed E-state index contributed by atoms with van der Waals surface area (Å²) in [7, 11) is 0. The monoisotopic (exact) mass is 286 g/mol. The first-order chi connectivity index (χ1) is 10.1. The number of likely N-dealkylation sites (N-methyl/N-ethyl adjacent to an activating group) is 1. The minimum Gasteiger partial charge on any atom is -0.397 e. The van der Waals surface area contributed by atoms with E-state index in [1.165, 1.54) is 0 Å². The summed E-state index contributed by atoms with van der Waals surface area (Å²) < 4.78 is 0. The van der Waals surface area contributed by atoms with E-state index >= 15 is 0 Å². The van der Waals surface area contributed by atoms with Crippen LogP contribution in [-0.4, -0.2) is 34.9 Å². The number of hydrogen-bond acceptors (Lipinski definition) is 4. The molecule has 0 saturated heterocycles. The van der Waals surface area contributed by atoms with Gasteiger partial charge in [0.1, 0.15) is 6.04 Å². The van der Waals surface area contributed by atoms with Crippen LogP contribution in [0.15, 0.2) is 30.5 Å². The highest BCUT2D eigenvalue weighted by Gasteiger charge is 2.19. The number of benzene rings is 1. The predicted molar refractivity (Wildman–Crippen MR) is 87.2 cm³/mol. The highest BCUT2D eigenvalue weighted by Crippen LogP contribution is 2.27. The van der Waals surface area contributed by atoms with Gasteiger partial charge in [0.05, 0.1) is 16.9 Å². The van der Waals surface area contributed by atoms with Crippen LogP contribution in [0.4, 0.5) is 11.4 Å². The SMILES string of the molecule is CCN(CC)C(=O)C(C)Nc1ccc2ncccc2c1N. The number of carbonyl (C=O) groups is 1. The van der Waals surface area contributed by atoms with Gasteiger partial charge in [0, 0.05) is 24.7 Å². The van der Waals surface area contributed by atoms with Crippen molar-refractivity contribution in [3.8, 4) is 0 Å². The number of nitrogens with two attached hydrogens (primary N) is 1. The Morgan fingerprint density at radius 3 is 2.71 bits per heavy atom. The van der Waals surface area contributed by atoms with Crippen molar-refractivity contribution in [3.05, 3.63) is 30.5 Å². The lowest BCUT2D eigenvalue weighted by Gasteiger charge is -2.24. The van der Waals surface area contributed by atoms with Crippen LogP contribution >= 0.6 is 0 Å². The van der Waals surface area contributed by atoms with Crippen LogP contribution in [0.5, 0.6) is 0 Å². The molecule has 5 heteroatoms. The number of amides is 1. The summed E-state index contributed by atoms with van der Waals surface area (Å²) in [4.78, 5) is 18.4. The molecule has 0 saturated carbocycles. The minimum atomic E-state index is -0.318. The van der Waals surface area contributed by atoms with Gasteiger partial charge in [0.2, 0.25) is 5.91 Å². The van der Waals surface area contributed by atoms with Crippen molar-refractivity contribution in [2.75, 3.05) is 24.1 Å². The maximum absolute atomic E-state index is 12.3. The van der Waals surface area contributed by atoms with Gasteiger partial charge < -0.3 is 16.0 Å². The number of anilines is 2. The summed E-state index contributed by atoms with van der Waals surface area (Å²) in [6, 6.07) is 7.24. The molecule has 0 fully saturated rings. The molecule has 112 valence electrons. The molecule has 1 aromatic heterocycles. The van der Waals surface area contributed by atoms with Gasteiger partial charge in [-0.1, -0.05) is 0 Å². The molecule has 0 bridgehead atoms. The summed E-state index contributed by atoms with van der Waals surface area (Å²) >= 11 is 0. The highest BCUT2D eigenvalue weighted by molar-refractivity contribution is 5.98. The van der Waals surface area contributed by atoms with E-state index in [4.69, 9.17) is 5.73 Å². The third-order valence-electron chi connectivity index (χ3n) is 3.64. The van der Waals surface area contributed by atoms with Gasteiger partial charge in [-0.25, -0.2) is 0 Å². The van der Waals surface area contributed by atoms with Gasteiger partial charge in [-0.15, -0.1) is 0 Å². The first kappa shape index (κ1) is 15.1. The van der Waals surface area contributed by atoms with E-state index in [1.807, 2.05) is 45.0 Å².